The molecule has 0 saturated heterocycles. The number of ether oxygens (including phenoxy) is 1. The van der Waals surface area contributed by atoms with Crippen LogP contribution in [0.3, 0.4) is 0 Å². The Morgan fingerprint density at radius 2 is 1.79 bits per heavy atom. The van der Waals surface area contributed by atoms with E-state index in [-0.39, 0.29) is 0 Å². The molecular formula is C15H12O4. The fourth-order valence-corrected chi connectivity index (χ4v) is 1.81. The molecule has 2 aromatic carbocycles. The molecule has 4 nitrogen and oxygen atoms in total. The number of hydrogen-bond donors (Lipinski definition) is 1. The van der Waals surface area contributed by atoms with Gasteiger partial charge in [-0.2, -0.15) is 0 Å². The Kier molecular flexibility index (Phi) is 3.61. The molecule has 0 aliphatic rings. The Hall–Kier alpha value is -2.62. The summed E-state index contributed by atoms with van der Waals surface area (Å²) in [6, 6.07) is 12.7. The topological polar surface area (TPSA) is 63.6 Å². The van der Waals surface area contributed by atoms with E-state index in [0.717, 1.165) is 24.0 Å². The Morgan fingerprint density at radius 1 is 1.11 bits per heavy atom. The summed E-state index contributed by atoms with van der Waals surface area (Å²) in [7, 11) is 1.13. The van der Waals surface area contributed by atoms with Gasteiger partial charge < -0.3 is 9.84 Å². The summed E-state index contributed by atoms with van der Waals surface area (Å²) in [5, 5.41) is 11.1. The van der Waals surface area contributed by atoms with E-state index in [4.69, 9.17) is 0 Å². The van der Waals surface area contributed by atoms with Gasteiger partial charge in [0.25, 0.3) is 0 Å². The molecule has 0 spiro atoms. The number of rotatable bonds is 3. The lowest BCUT2D eigenvalue weighted by Crippen LogP contribution is -2.07. The van der Waals surface area contributed by atoms with Gasteiger partial charge in [-0.25, -0.2) is 4.79 Å². The van der Waals surface area contributed by atoms with Crippen molar-refractivity contribution in [2.45, 2.75) is 0 Å². The number of ketones is 1. The zero-order valence-electron chi connectivity index (χ0n) is 10.3. The average molecular weight is 256 g/mol. The predicted octanol–water partition coefficient (Wildman–Crippen LogP) is 2.64. The Labute approximate surface area is 109 Å². The molecule has 0 heterocycles. The zero-order chi connectivity index (χ0) is 13.8. The Balaban J connectivity index is 2.45. The minimum absolute atomic E-state index is 0.425. The van der Waals surface area contributed by atoms with Crippen molar-refractivity contribution in [3.8, 4) is 0 Å². The molecule has 0 amide bonds. The summed E-state index contributed by atoms with van der Waals surface area (Å²) in [6.07, 6.45) is 0.869. The van der Waals surface area contributed by atoms with Gasteiger partial charge in [-0.15, -0.1) is 0 Å². The molecule has 0 unspecified atom stereocenters. The van der Waals surface area contributed by atoms with Crippen molar-refractivity contribution in [2.24, 2.45) is 0 Å². The number of esters is 1. The third-order valence-corrected chi connectivity index (χ3v) is 2.72. The van der Waals surface area contributed by atoms with Crippen LogP contribution in [0, 0.1) is 0 Å². The molecule has 0 aliphatic carbocycles. The number of methoxy groups -OCH3 is 1. The molecule has 0 bridgehead atoms. The van der Waals surface area contributed by atoms with Crippen LogP contribution in [0.1, 0.15) is 10.4 Å². The standard InChI is InChI=1S/C15H12O4/c1-19-15(18)14(17)9-13(16)12-8-4-6-10-5-2-3-7-11(10)12/h2-9,17H,1H3. The highest BCUT2D eigenvalue weighted by Crippen LogP contribution is 2.19. The van der Waals surface area contributed by atoms with Gasteiger partial charge >= 0.3 is 5.97 Å². The zero-order valence-corrected chi connectivity index (χ0v) is 10.3. The fraction of sp³-hybridized carbons (Fsp3) is 0.0667. The molecule has 0 atom stereocenters. The number of carbonyl (C=O) groups is 2. The second-order valence-corrected chi connectivity index (χ2v) is 3.91. The van der Waals surface area contributed by atoms with E-state index in [1.807, 2.05) is 30.3 Å². The maximum Gasteiger partial charge on any atom is 0.373 e. The summed E-state index contributed by atoms with van der Waals surface area (Å²) in [4.78, 5) is 23.1. The van der Waals surface area contributed by atoms with Crippen LogP contribution in [0.25, 0.3) is 10.8 Å². The van der Waals surface area contributed by atoms with Crippen molar-refractivity contribution >= 4 is 22.5 Å². The minimum atomic E-state index is -0.936. The van der Waals surface area contributed by atoms with Crippen LogP contribution in [-0.2, 0) is 9.53 Å². The van der Waals surface area contributed by atoms with Crippen LogP contribution in [-0.4, -0.2) is 24.0 Å². The second kappa shape index (κ2) is 5.35. The van der Waals surface area contributed by atoms with E-state index >= 15 is 0 Å². The van der Waals surface area contributed by atoms with E-state index in [1.54, 1.807) is 12.1 Å². The lowest BCUT2D eigenvalue weighted by Gasteiger charge is -2.03. The highest BCUT2D eigenvalue weighted by molar-refractivity contribution is 6.15. The van der Waals surface area contributed by atoms with E-state index in [2.05, 4.69) is 4.74 Å². The lowest BCUT2D eigenvalue weighted by molar-refractivity contribution is -0.139. The van der Waals surface area contributed by atoms with E-state index < -0.39 is 17.5 Å². The van der Waals surface area contributed by atoms with Crippen molar-refractivity contribution in [3.63, 3.8) is 0 Å². The van der Waals surface area contributed by atoms with Gasteiger partial charge in [-0.05, 0) is 10.8 Å². The van der Waals surface area contributed by atoms with Gasteiger partial charge in [-0.1, -0.05) is 42.5 Å². The summed E-state index contributed by atoms with van der Waals surface area (Å²) < 4.78 is 4.33. The monoisotopic (exact) mass is 256 g/mol. The first-order chi connectivity index (χ1) is 9.13. The third kappa shape index (κ3) is 2.63. The van der Waals surface area contributed by atoms with Crippen LogP contribution in [0.5, 0.6) is 0 Å². The first-order valence-electron chi connectivity index (χ1n) is 5.64. The van der Waals surface area contributed by atoms with Gasteiger partial charge in [0.1, 0.15) is 0 Å². The normalized spacial score (nSPS) is 11.3. The molecular weight excluding hydrogens is 244 g/mol. The number of hydrogen-bond acceptors (Lipinski definition) is 4. The molecule has 19 heavy (non-hydrogen) atoms. The molecule has 2 aromatic rings. The van der Waals surface area contributed by atoms with Gasteiger partial charge in [0.15, 0.2) is 5.78 Å². The number of carbonyl (C=O) groups excluding carboxylic acids is 2. The van der Waals surface area contributed by atoms with Crippen LogP contribution in [0.2, 0.25) is 0 Å². The Bertz CT molecular complexity index is 665. The summed E-state index contributed by atoms with van der Waals surface area (Å²) in [5.41, 5.74) is 0.425. The van der Waals surface area contributed by atoms with E-state index in [0.29, 0.717) is 5.56 Å². The van der Waals surface area contributed by atoms with Crippen molar-refractivity contribution in [1.82, 2.24) is 0 Å². The molecule has 2 rings (SSSR count). The van der Waals surface area contributed by atoms with Crippen LogP contribution < -0.4 is 0 Å². The number of aliphatic hydroxyl groups excluding tert-OH is 1. The third-order valence-electron chi connectivity index (χ3n) is 2.72. The van der Waals surface area contributed by atoms with Crippen molar-refractivity contribution in [1.29, 1.82) is 0 Å². The van der Waals surface area contributed by atoms with Gasteiger partial charge in [0, 0.05) is 11.6 Å². The predicted molar refractivity (Wildman–Crippen MR) is 71.0 cm³/mol. The first kappa shape index (κ1) is 12.8. The van der Waals surface area contributed by atoms with Crippen LogP contribution in [0.15, 0.2) is 54.3 Å². The smallest absolute Gasteiger partial charge is 0.373 e. The fourth-order valence-electron chi connectivity index (χ4n) is 1.81. The molecule has 0 fully saturated rings. The van der Waals surface area contributed by atoms with Crippen LogP contribution in [0.4, 0.5) is 0 Å². The molecule has 4 heteroatoms. The van der Waals surface area contributed by atoms with Gasteiger partial charge in [0.2, 0.25) is 5.76 Å². The highest BCUT2D eigenvalue weighted by Gasteiger charge is 2.12. The van der Waals surface area contributed by atoms with Gasteiger partial charge in [-0.3, -0.25) is 4.79 Å². The summed E-state index contributed by atoms with van der Waals surface area (Å²) in [5.74, 6) is -2.09. The molecule has 1 N–H and O–H groups in total. The molecule has 0 saturated carbocycles. The van der Waals surface area contributed by atoms with Crippen molar-refractivity contribution in [3.05, 3.63) is 59.9 Å². The number of aliphatic hydroxyl groups is 1. The number of benzene rings is 2. The Morgan fingerprint density at radius 3 is 2.53 bits per heavy atom. The maximum absolute atomic E-state index is 12.0. The summed E-state index contributed by atoms with van der Waals surface area (Å²) in [6.45, 7) is 0. The van der Waals surface area contributed by atoms with Crippen molar-refractivity contribution in [2.75, 3.05) is 7.11 Å². The van der Waals surface area contributed by atoms with Crippen LogP contribution >= 0.6 is 0 Å². The molecule has 96 valence electrons. The largest absolute Gasteiger partial charge is 0.502 e. The maximum atomic E-state index is 12.0. The summed E-state index contributed by atoms with van der Waals surface area (Å²) >= 11 is 0. The average Bonchev–Trinajstić information content (AvgIpc) is 2.45. The quantitative estimate of drug-likeness (QED) is 0.397. The first-order valence-corrected chi connectivity index (χ1v) is 5.64. The second-order valence-electron chi connectivity index (χ2n) is 3.91. The van der Waals surface area contributed by atoms with E-state index in [1.165, 1.54) is 0 Å². The van der Waals surface area contributed by atoms with Crippen molar-refractivity contribution < 1.29 is 19.4 Å². The molecule has 0 aromatic heterocycles. The number of allylic oxidation sites excluding steroid dienone is 1. The minimum Gasteiger partial charge on any atom is -0.502 e. The van der Waals surface area contributed by atoms with Gasteiger partial charge in [0.05, 0.1) is 7.11 Å². The molecule has 0 aliphatic heterocycles. The number of fused-ring (bicyclic) bond motifs is 1. The van der Waals surface area contributed by atoms with E-state index in [9.17, 15) is 14.7 Å². The molecule has 0 radical (unpaired) electrons. The highest BCUT2D eigenvalue weighted by atomic mass is 16.5. The SMILES string of the molecule is COC(=O)C(O)=CC(=O)c1cccc2ccccc12. The lowest BCUT2D eigenvalue weighted by atomic mass is 10.0.